The van der Waals surface area contributed by atoms with Gasteiger partial charge >= 0.3 is 0 Å². The molecule has 2 aromatic rings. The maximum absolute atomic E-state index is 8.89. The van der Waals surface area contributed by atoms with Crippen molar-refractivity contribution < 1.29 is 0 Å². The van der Waals surface area contributed by atoms with Crippen LogP contribution < -0.4 is 5.32 Å². The van der Waals surface area contributed by atoms with Crippen molar-refractivity contribution in [1.82, 2.24) is 5.32 Å². The molecule has 0 bridgehead atoms. The lowest BCUT2D eigenvalue weighted by Crippen LogP contribution is -2.14. The van der Waals surface area contributed by atoms with E-state index < -0.39 is 0 Å². The van der Waals surface area contributed by atoms with E-state index >= 15 is 0 Å². The fourth-order valence-corrected chi connectivity index (χ4v) is 2.22. The molecular formula is C19H22N2. The third kappa shape index (κ3) is 4.44. The van der Waals surface area contributed by atoms with Crippen molar-refractivity contribution in [2.45, 2.75) is 39.3 Å². The van der Waals surface area contributed by atoms with Crippen LogP contribution in [0, 0.1) is 11.3 Å². The van der Waals surface area contributed by atoms with Crippen LogP contribution >= 0.6 is 0 Å². The maximum atomic E-state index is 8.89. The Hall–Kier alpha value is -2.11. The molecule has 0 atom stereocenters. The lowest BCUT2D eigenvalue weighted by atomic mass is 9.87. The van der Waals surface area contributed by atoms with Gasteiger partial charge in [-0.25, -0.2) is 0 Å². The van der Waals surface area contributed by atoms with Crippen molar-refractivity contribution in [2.24, 2.45) is 0 Å². The van der Waals surface area contributed by atoms with Gasteiger partial charge in [0.2, 0.25) is 0 Å². The third-order valence-corrected chi connectivity index (χ3v) is 3.53. The molecule has 108 valence electrons. The maximum Gasteiger partial charge on any atom is 0.0991 e. The van der Waals surface area contributed by atoms with E-state index in [0.29, 0.717) is 5.56 Å². The van der Waals surface area contributed by atoms with E-state index in [4.69, 9.17) is 5.26 Å². The molecule has 0 aromatic heterocycles. The Balaban J connectivity index is 1.90. The molecule has 0 spiro atoms. The molecule has 0 saturated carbocycles. The van der Waals surface area contributed by atoms with Gasteiger partial charge in [0.15, 0.2) is 0 Å². The summed E-state index contributed by atoms with van der Waals surface area (Å²) in [5.41, 5.74) is 4.68. The molecule has 0 amide bonds. The number of nitrogens with one attached hydrogen (secondary N) is 1. The Morgan fingerprint density at radius 2 is 1.62 bits per heavy atom. The zero-order valence-electron chi connectivity index (χ0n) is 13.0. The third-order valence-electron chi connectivity index (χ3n) is 3.53. The second-order valence-electron chi connectivity index (χ2n) is 6.36. The first-order chi connectivity index (χ1) is 9.99. The monoisotopic (exact) mass is 278 g/mol. The van der Waals surface area contributed by atoms with E-state index in [1.54, 1.807) is 0 Å². The van der Waals surface area contributed by atoms with E-state index in [-0.39, 0.29) is 5.41 Å². The van der Waals surface area contributed by atoms with Crippen molar-refractivity contribution in [2.75, 3.05) is 0 Å². The highest BCUT2D eigenvalue weighted by atomic mass is 14.8. The highest BCUT2D eigenvalue weighted by Crippen LogP contribution is 2.22. The van der Waals surface area contributed by atoms with E-state index in [1.165, 1.54) is 11.1 Å². The number of hydrogen-bond acceptors (Lipinski definition) is 2. The van der Waals surface area contributed by atoms with E-state index in [0.717, 1.165) is 18.7 Å². The zero-order valence-corrected chi connectivity index (χ0v) is 13.0. The van der Waals surface area contributed by atoms with Crippen LogP contribution in [0.3, 0.4) is 0 Å². The van der Waals surface area contributed by atoms with Gasteiger partial charge in [-0.3, -0.25) is 0 Å². The highest BCUT2D eigenvalue weighted by molar-refractivity contribution is 5.33. The largest absolute Gasteiger partial charge is 0.309 e. The summed E-state index contributed by atoms with van der Waals surface area (Å²) < 4.78 is 0. The summed E-state index contributed by atoms with van der Waals surface area (Å²) in [6.45, 7) is 8.28. The van der Waals surface area contributed by atoms with Crippen LogP contribution in [0.15, 0.2) is 48.5 Å². The predicted molar refractivity (Wildman–Crippen MR) is 86.8 cm³/mol. The summed E-state index contributed by atoms with van der Waals surface area (Å²) in [6.07, 6.45) is 0. The van der Waals surface area contributed by atoms with E-state index in [9.17, 15) is 0 Å². The number of rotatable bonds is 4. The Bertz CT molecular complexity index is 628. The first kappa shape index (κ1) is 15.3. The van der Waals surface area contributed by atoms with Crippen LogP contribution in [0.4, 0.5) is 0 Å². The molecular weight excluding hydrogens is 256 g/mol. The Labute approximate surface area is 127 Å². The van der Waals surface area contributed by atoms with Gasteiger partial charge in [-0.2, -0.15) is 5.26 Å². The topological polar surface area (TPSA) is 35.8 Å². The van der Waals surface area contributed by atoms with Crippen LogP contribution in [-0.4, -0.2) is 0 Å². The molecule has 2 aromatic carbocycles. The van der Waals surface area contributed by atoms with Crippen molar-refractivity contribution in [3.05, 3.63) is 70.8 Å². The molecule has 2 rings (SSSR count). The minimum Gasteiger partial charge on any atom is -0.309 e. The Morgan fingerprint density at radius 3 is 2.24 bits per heavy atom. The SMILES string of the molecule is CC(C)(C)c1ccc(CNCc2cccc(C#N)c2)cc1. The number of benzene rings is 2. The lowest BCUT2D eigenvalue weighted by molar-refractivity contribution is 0.589. The molecule has 0 aliphatic rings. The summed E-state index contributed by atoms with van der Waals surface area (Å²) in [7, 11) is 0. The minimum atomic E-state index is 0.198. The second kappa shape index (κ2) is 6.56. The molecule has 21 heavy (non-hydrogen) atoms. The van der Waals surface area contributed by atoms with Gasteiger partial charge in [-0.1, -0.05) is 57.2 Å². The summed E-state index contributed by atoms with van der Waals surface area (Å²) in [4.78, 5) is 0. The van der Waals surface area contributed by atoms with Gasteiger partial charge in [0.05, 0.1) is 11.6 Å². The summed E-state index contributed by atoms with van der Waals surface area (Å²) in [5, 5.41) is 12.3. The number of nitrogens with zero attached hydrogens (tertiary/aromatic N) is 1. The molecule has 0 fully saturated rings. The van der Waals surface area contributed by atoms with Gasteiger partial charge < -0.3 is 5.32 Å². The summed E-state index contributed by atoms with van der Waals surface area (Å²) in [6, 6.07) is 18.6. The van der Waals surface area contributed by atoms with Crippen LogP contribution in [0.25, 0.3) is 0 Å². The lowest BCUT2D eigenvalue weighted by Gasteiger charge is -2.19. The Morgan fingerprint density at radius 1 is 0.952 bits per heavy atom. The first-order valence-corrected chi connectivity index (χ1v) is 7.28. The molecule has 2 nitrogen and oxygen atoms in total. The average molecular weight is 278 g/mol. The van der Waals surface area contributed by atoms with Crippen molar-refractivity contribution >= 4 is 0 Å². The molecule has 0 saturated heterocycles. The Kier molecular flexibility index (Phi) is 4.77. The molecule has 0 radical (unpaired) electrons. The van der Waals surface area contributed by atoms with E-state index in [1.807, 2.05) is 24.3 Å². The second-order valence-corrected chi connectivity index (χ2v) is 6.36. The van der Waals surface area contributed by atoms with Crippen LogP contribution in [0.5, 0.6) is 0 Å². The zero-order chi connectivity index (χ0) is 15.3. The molecule has 0 aliphatic heterocycles. The van der Waals surface area contributed by atoms with Crippen molar-refractivity contribution in [1.29, 1.82) is 5.26 Å². The van der Waals surface area contributed by atoms with Gasteiger partial charge in [0, 0.05) is 13.1 Å². The predicted octanol–water partition coefficient (Wildman–Crippen LogP) is 4.15. The van der Waals surface area contributed by atoms with Crippen molar-refractivity contribution in [3.63, 3.8) is 0 Å². The quantitative estimate of drug-likeness (QED) is 0.912. The minimum absolute atomic E-state index is 0.198. The number of nitriles is 1. The van der Waals surface area contributed by atoms with Gasteiger partial charge in [0.25, 0.3) is 0 Å². The van der Waals surface area contributed by atoms with Crippen LogP contribution in [0.2, 0.25) is 0 Å². The fourth-order valence-electron chi connectivity index (χ4n) is 2.22. The fraction of sp³-hybridized carbons (Fsp3) is 0.316. The first-order valence-electron chi connectivity index (χ1n) is 7.28. The highest BCUT2D eigenvalue weighted by Gasteiger charge is 2.12. The van der Waals surface area contributed by atoms with Gasteiger partial charge in [-0.15, -0.1) is 0 Å². The molecule has 0 unspecified atom stereocenters. The summed E-state index contributed by atoms with van der Waals surface area (Å²) in [5.74, 6) is 0. The van der Waals surface area contributed by atoms with Crippen LogP contribution in [-0.2, 0) is 18.5 Å². The van der Waals surface area contributed by atoms with Crippen molar-refractivity contribution in [3.8, 4) is 6.07 Å². The van der Waals surface area contributed by atoms with Gasteiger partial charge in [-0.05, 0) is 34.2 Å². The molecule has 0 aliphatic carbocycles. The number of hydrogen-bond donors (Lipinski definition) is 1. The van der Waals surface area contributed by atoms with Crippen LogP contribution in [0.1, 0.15) is 43.0 Å². The smallest absolute Gasteiger partial charge is 0.0991 e. The standard InChI is InChI=1S/C19H22N2/c1-19(2,3)18-9-7-15(8-10-18)13-21-14-17-6-4-5-16(11-17)12-20/h4-11,21H,13-14H2,1-3H3. The van der Waals surface area contributed by atoms with E-state index in [2.05, 4.69) is 56.4 Å². The summed E-state index contributed by atoms with van der Waals surface area (Å²) >= 11 is 0. The normalized spacial score (nSPS) is 11.1. The average Bonchev–Trinajstić information content (AvgIpc) is 2.47. The van der Waals surface area contributed by atoms with Gasteiger partial charge in [0.1, 0.15) is 0 Å². The molecule has 2 heteroatoms. The molecule has 1 N–H and O–H groups in total. The molecule has 0 heterocycles.